The van der Waals surface area contributed by atoms with Gasteiger partial charge in [0.25, 0.3) is 0 Å². The maximum atomic E-state index is 13.7. The third kappa shape index (κ3) is 3.48. The predicted octanol–water partition coefficient (Wildman–Crippen LogP) is 7.12. The van der Waals surface area contributed by atoms with Gasteiger partial charge in [0.05, 0.1) is 12.6 Å². The summed E-state index contributed by atoms with van der Waals surface area (Å²) in [4.78, 5) is 17.2. The maximum absolute atomic E-state index is 13.7. The molecule has 0 saturated heterocycles. The quantitative estimate of drug-likeness (QED) is 0.440. The fourth-order valence-electron chi connectivity index (χ4n) is 5.05. The minimum atomic E-state index is -0.0690. The van der Waals surface area contributed by atoms with Crippen LogP contribution in [0.2, 0.25) is 5.02 Å². The number of hydrogen-bond acceptors (Lipinski definition) is 2. The Morgan fingerprint density at radius 3 is 2.77 bits per heavy atom. The average molecular weight is 454 g/mol. The molecule has 0 radical (unpaired) electrons. The lowest BCUT2D eigenvalue weighted by Gasteiger charge is -2.33. The molecule has 162 valence electrons. The van der Waals surface area contributed by atoms with E-state index in [0.29, 0.717) is 11.6 Å². The second-order valence-corrected chi connectivity index (χ2v) is 10.4. The highest BCUT2D eigenvalue weighted by Gasteiger charge is 2.36. The number of urea groups is 1. The van der Waals surface area contributed by atoms with Crippen LogP contribution in [-0.4, -0.2) is 15.5 Å². The summed E-state index contributed by atoms with van der Waals surface area (Å²) in [6.45, 7) is 6.97. The van der Waals surface area contributed by atoms with Gasteiger partial charge in [-0.05, 0) is 73.9 Å². The topological polar surface area (TPSA) is 37.3 Å². The van der Waals surface area contributed by atoms with Crippen molar-refractivity contribution in [3.05, 3.63) is 68.8 Å². The Morgan fingerprint density at radius 2 is 1.97 bits per heavy atom. The molecule has 2 aliphatic rings. The molecule has 4 nitrogen and oxygen atoms in total. The van der Waals surface area contributed by atoms with E-state index in [9.17, 15) is 4.79 Å². The highest BCUT2D eigenvalue weighted by atomic mass is 35.5. The van der Waals surface area contributed by atoms with E-state index in [1.807, 2.05) is 41.4 Å². The van der Waals surface area contributed by atoms with Crippen LogP contribution in [0.25, 0.3) is 5.00 Å². The van der Waals surface area contributed by atoms with Gasteiger partial charge in [0, 0.05) is 33.0 Å². The second kappa shape index (κ2) is 8.03. The van der Waals surface area contributed by atoms with E-state index in [2.05, 4.69) is 42.1 Å². The molecule has 0 unspecified atom stereocenters. The number of carbonyl (C=O) groups is 1. The third-order valence-corrected chi connectivity index (χ3v) is 8.37. The lowest BCUT2D eigenvalue weighted by molar-refractivity contribution is 0.161. The monoisotopic (exact) mass is 453 g/mol. The van der Waals surface area contributed by atoms with E-state index in [-0.39, 0.29) is 18.0 Å². The van der Waals surface area contributed by atoms with Crippen LogP contribution in [-0.2, 0) is 19.4 Å². The van der Waals surface area contributed by atoms with Crippen LogP contribution in [0.5, 0.6) is 0 Å². The van der Waals surface area contributed by atoms with Crippen molar-refractivity contribution in [3.63, 3.8) is 0 Å². The summed E-state index contributed by atoms with van der Waals surface area (Å²) >= 11 is 8.23. The standard InChI is InChI=1S/C25H28ClN3OS/c1-15(2)23-21-11-7-13-28(21)24-18(17-8-4-5-12-22(17)31-24)14-29(23)25(30)27-20-10-6-9-19(26)16(20)3/h6-7,9-11,13,15,23H,4-5,8,12,14H2,1-3H3,(H,27,30)/t23-/m0/s1. The van der Waals surface area contributed by atoms with Gasteiger partial charge >= 0.3 is 6.03 Å². The highest BCUT2D eigenvalue weighted by Crippen LogP contribution is 2.44. The molecule has 3 aromatic rings. The molecule has 0 saturated carbocycles. The number of aryl methyl sites for hydroxylation is 1. The van der Waals surface area contributed by atoms with E-state index in [0.717, 1.165) is 24.1 Å². The van der Waals surface area contributed by atoms with Gasteiger partial charge in [0.15, 0.2) is 0 Å². The van der Waals surface area contributed by atoms with Crippen LogP contribution in [0, 0.1) is 12.8 Å². The maximum Gasteiger partial charge on any atom is 0.322 e. The van der Waals surface area contributed by atoms with Crippen LogP contribution in [0.3, 0.4) is 0 Å². The molecule has 3 heterocycles. The van der Waals surface area contributed by atoms with Crippen LogP contribution < -0.4 is 5.32 Å². The summed E-state index contributed by atoms with van der Waals surface area (Å²) in [5.74, 6) is 0.282. The van der Waals surface area contributed by atoms with E-state index in [1.165, 1.54) is 39.5 Å². The number of thiophene rings is 1. The van der Waals surface area contributed by atoms with Crippen molar-refractivity contribution >= 4 is 34.7 Å². The molecule has 0 spiro atoms. The fourth-order valence-corrected chi connectivity index (χ4v) is 6.63. The Balaban J connectivity index is 1.60. The number of hydrogen-bond donors (Lipinski definition) is 1. The number of fused-ring (bicyclic) bond motifs is 5. The summed E-state index contributed by atoms with van der Waals surface area (Å²) in [6, 6.07) is 9.85. The fraction of sp³-hybridized carbons (Fsp3) is 0.400. The molecule has 1 N–H and O–H groups in total. The van der Waals surface area contributed by atoms with E-state index in [1.54, 1.807) is 0 Å². The molecule has 1 aliphatic heterocycles. The van der Waals surface area contributed by atoms with Gasteiger partial charge in [-0.1, -0.05) is 31.5 Å². The normalized spacial score (nSPS) is 17.7. The van der Waals surface area contributed by atoms with E-state index >= 15 is 0 Å². The third-order valence-electron chi connectivity index (χ3n) is 6.63. The molecule has 0 bridgehead atoms. The van der Waals surface area contributed by atoms with Crippen LogP contribution in [0.4, 0.5) is 10.5 Å². The van der Waals surface area contributed by atoms with Crippen LogP contribution in [0.1, 0.15) is 60.0 Å². The number of anilines is 1. The zero-order valence-corrected chi connectivity index (χ0v) is 19.8. The zero-order chi connectivity index (χ0) is 21.7. The first-order chi connectivity index (χ1) is 15.0. The Kier molecular flexibility index (Phi) is 5.35. The number of carbonyl (C=O) groups excluding carboxylic acids is 1. The van der Waals surface area contributed by atoms with Crippen molar-refractivity contribution < 1.29 is 4.79 Å². The number of nitrogens with zero attached hydrogens (tertiary/aromatic N) is 2. The SMILES string of the molecule is Cc1c(Cl)cccc1NC(=O)N1Cc2c(sc3c2CCCC3)-n2cccc2[C@@H]1C(C)C. The van der Waals surface area contributed by atoms with Gasteiger partial charge in [-0.25, -0.2) is 4.79 Å². The molecule has 2 amide bonds. The molecule has 5 rings (SSSR count). The molecule has 1 atom stereocenters. The average Bonchev–Trinajstić information content (AvgIpc) is 3.32. The second-order valence-electron chi connectivity index (χ2n) is 8.96. The van der Waals surface area contributed by atoms with E-state index in [4.69, 9.17) is 11.6 Å². The number of halogens is 1. The van der Waals surface area contributed by atoms with Gasteiger partial charge in [-0.2, -0.15) is 0 Å². The summed E-state index contributed by atoms with van der Waals surface area (Å²) < 4.78 is 2.33. The number of benzene rings is 1. The summed E-state index contributed by atoms with van der Waals surface area (Å²) in [7, 11) is 0. The molecular weight excluding hydrogens is 426 g/mol. The smallest absolute Gasteiger partial charge is 0.311 e. The Morgan fingerprint density at radius 1 is 1.16 bits per heavy atom. The first-order valence-electron chi connectivity index (χ1n) is 11.1. The molecule has 2 aromatic heterocycles. The predicted molar refractivity (Wildman–Crippen MR) is 129 cm³/mol. The first kappa shape index (κ1) is 20.7. The number of aromatic nitrogens is 1. The van der Waals surface area contributed by atoms with Crippen molar-refractivity contribution in [1.82, 2.24) is 9.47 Å². The van der Waals surface area contributed by atoms with Crippen molar-refractivity contribution in [1.29, 1.82) is 0 Å². The Hall–Kier alpha value is -2.24. The molecular formula is C25H28ClN3OS. The lowest BCUT2D eigenvalue weighted by atomic mass is 9.94. The van der Waals surface area contributed by atoms with Gasteiger partial charge in [0.1, 0.15) is 5.00 Å². The summed E-state index contributed by atoms with van der Waals surface area (Å²) in [5.41, 5.74) is 5.66. The van der Waals surface area contributed by atoms with Crippen LogP contribution >= 0.6 is 22.9 Å². The minimum Gasteiger partial charge on any atom is -0.311 e. The van der Waals surface area contributed by atoms with Crippen molar-refractivity contribution in [2.45, 2.75) is 59.0 Å². The summed E-state index contributed by atoms with van der Waals surface area (Å²) in [5, 5.41) is 5.12. The number of nitrogens with one attached hydrogen (secondary N) is 1. The largest absolute Gasteiger partial charge is 0.322 e. The number of amides is 2. The summed E-state index contributed by atoms with van der Waals surface area (Å²) in [6.07, 6.45) is 6.93. The van der Waals surface area contributed by atoms with Gasteiger partial charge in [-0.3, -0.25) is 0 Å². The molecule has 1 aromatic carbocycles. The van der Waals surface area contributed by atoms with Gasteiger partial charge in [0.2, 0.25) is 0 Å². The Bertz CT molecular complexity index is 1150. The molecule has 0 fully saturated rings. The van der Waals surface area contributed by atoms with Crippen LogP contribution in [0.15, 0.2) is 36.5 Å². The minimum absolute atomic E-state index is 0.00618. The van der Waals surface area contributed by atoms with Crippen molar-refractivity contribution in [2.75, 3.05) is 5.32 Å². The molecule has 1 aliphatic carbocycles. The van der Waals surface area contributed by atoms with E-state index < -0.39 is 0 Å². The van der Waals surface area contributed by atoms with Crippen molar-refractivity contribution in [3.8, 4) is 5.00 Å². The number of rotatable bonds is 2. The zero-order valence-electron chi connectivity index (χ0n) is 18.2. The Labute approximate surface area is 192 Å². The van der Waals surface area contributed by atoms with Gasteiger partial charge in [-0.15, -0.1) is 11.3 Å². The highest BCUT2D eigenvalue weighted by molar-refractivity contribution is 7.15. The molecule has 6 heteroatoms. The van der Waals surface area contributed by atoms with Crippen molar-refractivity contribution in [2.24, 2.45) is 5.92 Å². The lowest BCUT2D eigenvalue weighted by Crippen LogP contribution is -2.39. The first-order valence-corrected chi connectivity index (χ1v) is 12.3. The van der Waals surface area contributed by atoms with Gasteiger partial charge < -0.3 is 14.8 Å². The molecule has 31 heavy (non-hydrogen) atoms.